The molecule has 0 N–H and O–H groups in total. The van der Waals surface area contributed by atoms with E-state index in [4.69, 9.17) is 9.47 Å². The van der Waals surface area contributed by atoms with Crippen molar-refractivity contribution in [3.05, 3.63) is 59.7 Å². The first-order valence-electron chi connectivity index (χ1n) is 9.62. The predicted octanol–water partition coefficient (Wildman–Crippen LogP) is 2.91. The molecule has 0 bridgehead atoms. The number of amides is 1. The molecule has 1 amide bonds. The standard InChI is InChI=1S/C22H26N2O3/c1-23-11-12-24(19(16-23)18-5-3-2-4-6-18)22(25)10-8-17-7-9-20-21(15-17)27-14-13-26-20/h2-7,9,15,19H,8,10-14,16H2,1H3/t19-/m0/s1. The van der Waals surface area contributed by atoms with Crippen LogP contribution in [0.2, 0.25) is 0 Å². The molecule has 27 heavy (non-hydrogen) atoms. The maximum Gasteiger partial charge on any atom is 0.223 e. The van der Waals surface area contributed by atoms with Crippen LogP contribution in [0, 0.1) is 0 Å². The van der Waals surface area contributed by atoms with E-state index in [2.05, 4.69) is 24.1 Å². The number of benzene rings is 2. The minimum Gasteiger partial charge on any atom is -0.486 e. The summed E-state index contributed by atoms with van der Waals surface area (Å²) in [5, 5.41) is 0. The van der Waals surface area contributed by atoms with Crippen molar-refractivity contribution < 1.29 is 14.3 Å². The molecule has 2 aromatic rings. The van der Waals surface area contributed by atoms with Gasteiger partial charge in [-0.25, -0.2) is 0 Å². The Morgan fingerprint density at radius 3 is 2.63 bits per heavy atom. The Morgan fingerprint density at radius 2 is 1.81 bits per heavy atom. The van der Waals surface area contributed by atoms with Gasteiger partial charge in [0.15, 0.2) is 11.5 Å². The van der Waals surface area contributed by atoms with Crippen molar-refractivity contribution in [2.45, 2.75) is 18.9 Å². The third-order valence-electron chi connectivity index (χ3n) is 5.32. The van der Waals surface area contributed by atoms with Crippen LogP contribution in [0.3, 0.4) is 0 Å². The minimum atomic E-state index is 0.123. The van der Waals surface area contributed by atoms with Crippen molar-refractivity contribution in [3.8, 4) is 11.5 Å². The third kappa shape index (κ3) is 4.08. The van der Waals surface area contributed by atoms with Crippen LogP contribution in [-0.4, -0.2) is 55.6 Å². The Kier molecular flexibility index (Phi) is 5.30. The van der Waals surface area contributed by atoms with Crippen LogP contribution in [-0.2, 0) is 11.2 Å². The number of hydrogen-bond donors (Lipinski definition) is 0. The van der Waals surface area contributed by atoms with Crippen molar-refractivity contribution in [1.29, 1.82) is 0 Å². The fourth-order valence-corrected chi connectivity index (χ4v) is 3.82. The van der Waals surface area contributed by atoms with Gasteiger partial charge in [-0.15, -0.1) is 0 Å². The van der Waals surface area contributed by atoms with Gasteiger partial charge in [0.1, 0.15) is 13.2 Å². The maximum atomic E-state index is 13.0. The van der Waals surface area contributed by atoms with E-state index in [1.54, 1.807) is 0 Å². The second-order valence-corrected chi connectivity index (χ2v) is 7.25. The number of rotatable bonds is 4. The molecule has 142 valence electrons. The topological polar surface area (TPSA) is 42.0 Å². The summed E-state index contributed by atoms with van der Waals surface area (Å²) in [6.07, 6.45) is 1.22. The molecule has 0 radical (unpaired) electrons. The first kappa shape index (κ1) is 17.9. The van der Waals surface area contributed by atoms with Gasteiger partial charge in [0.05, 0.1) is 6.04 Å². The number of carbonyl (C=O) groups is 1. The van der Waals surface area contributed by atoms with Crippen molar-refractivity contribution in [2.24, 2.45) is 0 Å². The summed E-state index contributed by atoms with van der Waals surface area (Å²) < 4.78 is 11.2. The molecular formula is C22H26N2O3. The van der Waals surface area contributed by atoms with Crippen LogP contribution >= 0.6 is 0 Å². The lowest BCUT2D eigenvalue weighted by molar-refractivity contribution is -0.136. The lowest BCUT2D eigenvalue weighted by Gasteiger charge is -2.40. The number of nitrogens with zero attached hydrogens (tertiary/aromatic N) is 2. The molecule has 1 atom stereocenters. The van der Waals surface area contributed by atoms with Crippen molar-refractivity contribution in [3.63, 3.8) is 0 Å². The Labute approximate surface area is 160 Å². The van der Waals surface area contributed by atoms with E-state index < -0.39 is 0 Å². The number of ether oxygens (including phenoxy) is 2. The second kappa shape index (κ2) is 8.01. The average molecular weight is 366 g/mol. The van der Waals surface area contributed by atoms with Crippen LogP contribution in [0.15, 0.2) is 48.5 Å². The van der Waals surface area contributed by atoms with Crippen LogP contribution in [0.25, 0.3) is 0 Å². The summed E-state index contributed by atoms with van der Waals surface area (Å²) in [4.78, 5) is 17.3. The number of piperazine rings is 1. The highest BCUT2D eigenvalue weighted by molar-refractivity contribution is 5.77. The zero-order chi connectivity index (χ0) is 18.6. The third-order valence-corrected chi connectivity index (χ3v) is 5.32. The lowest BCUT2D eigenvalue weighted by atomic mass is 10.0. The van der Waals surface area contributed by atoms with E-state index in [-0.39, 0.29) is 11.9 Å². The second-order valence-electron chi connectivity index (χ2n) is 7.25. The summed E-state index contributed by atoms with van der Waals surface area (Å²) in [5.41, 5.74) is 2.31. The Bertz CT molecular complexity index is 793. The molecule has 4 rings (SSSR count). The van der Waals surface area contributed by atoms with Gasteiger partial charge in [-0.1, -0.05) is 36.4 Å². The first-order valence-corrected chi connectivity index (χ1v) is 9.62. The van der Waals surface area contributed by atoms with Crippen LogP contribution in [0.1, 0.15) is 23.6 Å². The van der Waals surface area contributed by atoms with Gasteiger partial charge in [-0.2, -0.15) is 0 Å². The summed E-state index contributed by atoms with van der Waals surface area (Å²) in [6, 6.07) is 16.4. The minimum absolute atomic E-state index is 0.123. The smallest absolute Gasteiger partial charge is 0.223 e. The van der Waals surface area contributed by atoms with Crippen molar-refractivity contribution in [2.75, 3.05) is 39.9 Å². The zero-order valence-corrected chi connectivity index (χ0v) is 15.8. The highest BCUT2D eigenvalue weighted by Gasteiger charge is 2.29. The van der Waals surface area contributed by atoms with E-state index >= 15 is 0 Å². The van der Waals surface area contributed by atoms with E-state index in [1.165, 1.54) is 5.56 Å². The quantitative estimate of drug-likeness (QED) is 0.834. The molecule has 2 heterocycles. The lowest BCUT2D eigenvalue weighted by Crippen LogP contribution is -2.49. The van der Waals surface area contributed by atoms with Gasteiger partial charge >= 0.3 is 0 Å². The number of hydrogen-bond acceptors (Lipinski definition) is 4. The predicted molar refractivity (Wildman–Crippen MR) is 104 cm³/mol. The number of likely N-dealkylation sites (N-methyl/N-ethyl adjacent to an activating group) is 1. The molecular weight excluding hydrogens is 340 g/mol. The van der Waals surface area contributed by atoms with Gasteiger partial charge in [-0.05, 0) is 36.7 Å². The highest BCUT2D eigenvalue weighted by atomic mass is 16.6. The molecule has 0 aromatic heterocycles. The zero-order valence-electron chi connectivity index (χ0n) is 15.8. The molecule has 2 aliphatic heterocycles. The van der Waals surface area contributed by atoms with E-state index in [9.17, 15) is 4.79 Å². The number of carbonyl (C=O) groups excluding carboxylic acids is 1. The van der Waals surface area contributed by atoms with Crippen LogP contribution in [0.5, 0.6) is 11.5 Å². The van der Waals surface area contributed by atoms with E-state index in [0.717, 1.165) is 36.7 Å². The summed E-state index contributed by atoms with van der Waals surface area (Å²) in [5.74, 6) is 1.79. The summed E-state index contributed by atoms with van der Waals surface area (Å²) in [6.45, 7) is 3.74. The first-order chi connectivity index (χ1) is 13.2. The largest absolute Gasteiger partial charge is 0.486 e. The Balaban J connectivity index is 1.43. The number of aryl methyl sites for hydroxylation is 1. The fourth-order valence-electron chi connectivity index (χ4n) is 3.82. The fraction of sp³-hybridized carbons (Fsp3) is 0.409. The van der Waals surface area contributed by atoms with E-state index in [1.807, 2.05) is 41.3 Å². The highest BCUT2D eigenvalue weighted by Crippen LogP contribution is 2.31. The normalized spacial score (nSPS) is 19.7. The average Bonchev–Trinajstić information content (AvgIpc) is 2.72. The maximum absolute atomic E-state index is 13.0. The molecule has 0 unspecified atom stereocenters. The number of fused-ring (bicyclic) bond motifs is 1. The van der Waals surface area contributed by atoms with E-state index in [0.29, 0.717) is 26.1 Å². The summed E-state index contributed by atoms with van der Waals surface area (Å²) in [7, 11) is 2.12. The molecule has 0 aliphatic carbocycles. The molecule has 2 aromatic carbocycles. The molecule has 0 spiro atoms. The van der Waals surface area contributed by atoms with Crippen molar-refractivity contribution in [1.82, 2.24) is 9.80 Å². The molecule has 2 aliphatic rings. The van der Waals surface area contributed by atoms with Gasteiger partial charge in [0, 0.05) is 26.1 Å². The SMILES string of the molecule is CN1CCN(C(=O)CCc2ccc3c(c2)OCCO3)[C@H](c2ccccc2)C1. The molecule has 1 fully saturated rings. The van der Waals surface area contributed by atoms with Crippen molar-refractivity contribution >= 4 is 5.91 Å². The Hall–Kier alpha value is -2.53. The van der Waals surface area contributed by atoms with Gasteiger partial charge in [0.2, 0.25) is 5.91 Å². The van der Waals surface area contributed by atoms with Gasteiger partial charge in [-0.3, -0.25) is 4.79 Å². The molecule has 1 saturated heterocycles. The van der Waals surface area contributed by atoms with Gasteiger partial charge in [0.25, 0.3) is 0 Å². The van der Waals surface area contributed by atoms with Crippen LogP contribution < -0.4 is 9.47 Å². The molecule has 5 heteroatoms. The Morgan fingerprint density at radius 1 is 1.04 bits per heavy atom. The molecule has 0 saturated carbocycles. The van der Waals surface area contributed by atoms with Crippen LogP contribution in [0.4, 0.5) is 0 Å². The summed E-state index contributed by atoms with van der Waals surface area (Å²) >= 11 is 0. The van der Waals surface area contributed by atoms with Gasteiger partial charge < -0.3 is 19.3 Å². The monoisotopic (exact) mass is 366 g/mol. The molecule has 5 nitrogen and oxygen atoms in total.